The number of nitrogens with zero attached hydrogens (tertiary/aromatic N) is 1. The molecule has 34 heavy (non-hydrogen) atoms. The molecule has 0 bridgehead atoms. The van der Waals surface area contributed by atoms with Crippen molar-refractivity contribution in [1.29, 1.82) is 0 Å². The summed E-state index contributed by atoms with van der Waals surface area (Å²) in [6, 6.07) is 7.20. The number of pyridine rings is 1. The number of benzene rings is 1. The van der Waals surface area contributed by atoms with Gasteiger partial charge in [0.05, 0.1) is 42.3 Å². The lowest BCUT2D eigenvalue weighted by Gasteiger charge is -2.26. The van der Waals surface area contributed by atoms with Gasteiger partial charge in [0.15, 0.2) is 5.75 Å². The molecule has 0 saturated carbocycles. The van der Waals surface area contributed by atoms with Crippen LogP contribution in [0.25, 0.3) is 0 Å². The van der Waals surface area contributed by atoms with Crippen molar-refractivity contribution in [2.75, 3.05) is 32.2 Å². The summed E-state index contributed by atoms with van der Waals surface area (Å²) in [5.41, 5.74) is 2.68. The highest BCUT2D eigenvalue weighted by Crippen LogP contribution is 2.33. The lowest BCUT2D eigenvalue weighted by atomic mass is 10.1. The Morgan fingerprint density at radius 2 is 2.24 bits per heavy atom. The number of anilines is 1. The highest BCUT2D eigenvalue weighted by atomic mass is 35.5. The normalized spacial score (nSPS) is 17.5. The first-order valence-corrected chi connectivity index (χ1v) is 11.9. The van der Waals surface area contributed by atoms with Gasteiger partial charge >= 0.3 is 0 Å². The van der Waals surface area contributed by atoms with Gasteiger partial charge in [-0.15, -0.1) is 0 Å². The number of hydrogen-bond acceptors (Lipinski definition) is 7. The third-order valence-electron chi connectivity index (χ3n) is 5.69. The fourth-order valence-corrected chi connectivity index (χ4v) is 4.34. The molecule has 1 saturated heterocycles. The molecule has 3 heterocycles. The minimum atomic E-state index is -0.237. The zero-order valence-electron chi connectivity index (χ0n) is 18.9. The van der Waals surface area contributed by atoms with E-state index in [0.717, 1.165) is 30.7 Å². The van der Waals surface area contributed by atoms with Gasteiger partial charge in [-0.1, -0.05) is 29.9 Å². The van der Waals surface area contributed by atoms with Crippen molar-refractivity contribution < 1.29 is 19.0 Å². The first-order valence-electron chi connectivity index (χ1n) is 11.1. The minimum absolute atomic E-state index is 0.237. The Balaban J connectivity index is 1.47. The predicted octanol–water partition coefficient (Wildman–Crippen LogP) is 3.60. The molecule has 10 heteroatoms. The molecule has 1 atom stereocenters. The lowest BCUT2D eigenvalue weighted by Crippen LogP contribution is -2.39. The number of para-hydroxylation sites is 1. The molecule has 0 aliphatic carbocycles. The van der Waals surface area contributed by atoms with E-state index in [-0.39, 0.29) is 10.9 Å². The number of amides is 1. The lowest BCUT2D eigenvalue weighted by molar-refractivity contribution is -0.117. The summed E-state index contributed by atoms with van der Waals surface area (Å²) in [5, 5.41) is 9.81. The second kappa shape index (κ2) is 11.5. The van der Waals surface area contributed by atoms with Crippen LogP contribution in [-0.2, 0) is 16.1 Å². The topological polar surface area (TPSA) is 93.7 Å². The Morgan fingerprint density at radius 3 is 3.00 bits per heavy atom. The summed E-state index contributed by atoms with van der Waals surface area (Å²) < 4.78 is 16.8. The average Bonchev–Trinajstić information content (AvgIpc) is 2.80. The number of thiocarbonyl (C=S) groups is 1. The molecule has 8 nitrogen and oxygen atoms in total. The van der Waals surface area contributed by atoms with Crippen LogP contribution in [0, 0.1) is 0 Å². The van der Waals surface area contributed by atoms with Crippen molar-refractivity contribution in [3.63, 3.8) is 0 Å². The van der Waals surface area contributed by atoms with E-state index in [1.807, 2.05) is 6.07 Å². The summed E-state index contributed by atoms with van der Waals surface area (Å²) in [4.78, 5) is 17.2. The molecule has 2 aliphatic rings. The Hall–Kier alpha value is -2.88. The van der Waals surface area contributed by atoms with Crippen LogP contribution in [0.15, 0.2) is 47.9 Å². The van der Waals surface area contributed by atoms with Crippen molar-refractivity contribution in [1.82, 2.24) is 15.6 Å². The Bertz CT molecular complexity index is 1090. The second-order valence-corrected chi connectivity index (χ2v) is 8.71. The van der Waals surface area contributed by atoms with Crippen LogP contribution in [0.2, 0.25) is 5.02 Å². The Labute approximate surface area is 209 Å². The third kappa shape index (κ3) is 5.78. The molecule has 0 radical (unpaired) electrons. The molecule has 1 unspecified atom stereocenters. The number of carbonyl (C=O) groups excluding carboxylic acids is 1. The maximum absolute atomic E-state index is 12.7. The van der Waals surface area contributed by atoms with Crippen LogP contribution in [0.1, 0.15) is 24.8 Å². The van der Waals surface area contributed by atoms with Crippen LogP contribution in [0.3, 0.4) is 0 Å². The van der Waals surface area contributed by atoms with E-state index in [1.165, 1.54) is 7.11 Å². The number of halogens is 1. The van der Waals surface area contributed by atoms with Gasteiger partial charge < -0.3 is 30.2 Å². The molecule has 1 amide bonds. The van der Waals surface area contributed by atoms with Crippen LogP contribution in [-0.4, -0.2) is 48.9 Å². The number of methoxy groups -OCH3 is 1. The van der Waals surface area contributed by atoms with Crippen molar-refractivity contribution in [2.45, 2.75) is 31.9 Å². The molecule has 0 spiro atoms. The molecule has 1 aromatic heterocycles. The summed E-state index contributed by atoms with van der Waals surface area (Å²) in [6.07, 6.45) is 6.27. The maximum atomic E-state index is 12.7. The molecule has 2 aliphatic heterocycles. The van der Waals surface area contributed by atoms with Gasteiger partial charge in [0.25, 0.3) is 5.91 Å². The predicted molar refractivity (Wildman–Crippen MR) is 134 cm³/mol. The van der Waals surface area contributed by atoms with Crippen molar-refractivity contribution in [2.24, 2.45) is 0 Å². The number of hydrogen-bond donors (Lipinski definition) is 3. The standard InChI is InChI=1S/C24H27ClN4O4S/c1-31-22-17(25)3-2-4-19(22)29-24(34)21-18(6-10-27-23(21)30)28-13-15-5-9-26-14-20(15)33-12-8-16-7-11-32-16/h2-5,9,14,16,28H,6-8,10-13H2,1H3,(H,27,30)(H,29,34). The van der Waals surface area contributed by atoms with E-state index in [4.69, 9.17) is 38.0 Å². The van der Waals surface area contributed by atoms with Crippen LogP contribution < -0.4 is 25.4 Å². The number of carbonyl (C=O) groups is 1. The smallest absolute Gasteiger partial charge is 0.256 e. The van der Waals surface area contributed by atoms with Gasteiger partial charge in [0, 0.05) is 50.0 Å². The highest BCUT2D eigenvalue weighted by molar-refractivity contribution is 7.81. The molecule has 4 rings (SSSR count). The van der Waals surface area contributed by atoms with Gasteiger partial charge in [-0.05, 0) is 24.6 Å². The summed E-state index contributed by atoms with van der Waals surface area (Å²) in [5.74, 6) is 0.934. The quantitative estimate of drug-likeness (QED) is 0.424. The fourth-order valence-electron chi connectivity index (χ4n) is 3.77. The Morgan fingerprint density at radius 1 is 1.38 bits per heavy atom. The van der Waals surface area contributed by atoms with Crippen molar-refractivity contribution >= 4 is 40.4 Å². The van der Waals surface area contributed by atoms with Crippen molar-refractivity contribution in [3.05, 3.63) is 58.5 Å². The molecule has 180 valence electrons. The highest BCUT2D eigenvalue weighted by Gasteiger charge is 2.25. The minimum Gasteiger partial charge on any atom is -0.493 e. The first-order chi connectivity index (χ1) is 16.6. The summed E-state index contributed by atoms with van der Waals surface area (Å²) in [6.45, 7) is 2.38. The van der Waals surface area contributed by atoms with Crippen molar-refractivity contribution in [3.8, 4) is 11.5 Å². The van der Waals surface area contributed by atoms with Gasteiger partial charge in [0.2, 0.25) is 0 Å². The number of rotatable bonds is 10. The SMILES string of the molecule is COc1c(Cl)cccc1NC(=S)C1=C(NCc2ccncc2OCCC2CCO2)CCNC1=O. The van der Waals surface area contributed by atoms with Gasteiger partial charge in [0.1, 0.15) is 10.7 Å². The maximum Gasteiger partial charge on any atom is 0.256 e. The molecule has 1 aromatic carbocycles. The summed E-state index contributed by atoms with van der Waals surface area (Å²) >= 11 is 11.8. The average molecular weight is 503 g/mol. The monoisotopic (exact) mass is 502 g/mol. The number of aromatic nitrogens is 1. The van der Waals surface area contributed by atoms with E-state index < -0.39 is 0 Å². The van der Waals surface area contributed by atoms with Crippen LogP contribution in [0.4, 0.5) is 5.69 Å². The van der Waals surface area contributed by atoms with E-state index >= 15 is 0 Å². The second-order valence-electron chi connectivity index (χ2n) is 7.89. The first kappa shape index (κ1) is 24.3. The van der Waals surface area contributed by atoms with Crippen LogP contribution >= 0.6 is 23.8 Å². The molecule has 2 aromatic rings. The number of nitrogens with one attached hydrogen (secondary N) is 3. The fraction of sp³-hybridized carbons (Fsp3) is 0.375. The number of ether oxygens (including phenoxy) is 3. The molecule has 1 fully saturated rings. The zero-order chi connectivity index (χ0) is 23.9. The van der Waals surface area contributed by atoms with E-state index in [9.17, 15) is 4.79 Å². The molecular formula is C24H27ClN4O4S. The van der Waals surface area contributed by atoms with Crippen LogP contribution in [0.5, 0.6) is 11.5 Å². The molecular weight excluding hydrogens is 476 g/mol. The summed E-state index contributed by atoms with van der Waals surface area (Å²) in [7, 11) is 1.53. The Kier molecular flexibility index (Phi) is 8.21. The van der Waals surface area contributed by atoms with E-state index in [0.29, 0.717) is 60.0 Å². The molecule has 3 N–H and O–H groups in total. The third-order valence-corrected chi connectivity index (χ3v) is 6.29. The van der Waals surface area contributed by atoms with Gasteiger partial charge in [-0.2, -0.15) is 0 Å². The zero-order valence-corrected chi connectivity index (χ0v) is 20.4. The van der Waals surface area contributed by atoms with Gasteiger partial charge in [-0.25, -0.2) is 0 Å². The van der Waals surface area contributed by atoms with E-state index in [2.05, 4.69) is 20.9 Å². The largest absolute Gasteiger partial charge is 0.493 e. The van der Waals surface area contributed by atoms with Gasteiger partial charge in [-0.3, -0.25) is 9.78 Å². The van der Waals surface area contributed by atoms with E-state index in [1.54, 1.807) is 30.6 Å².